The van der Waals surface area contributed by atoms with Crippen molar-refractivity contribution in [1.82, 2.24) is 0 Å². The molecule has 0 aromatic heterocycles. The molecule has 0 aromatic rings. The van der Waals surface area contributed by atoms with Crippen LogP contribution in [0.5, 0.6) is 0 Å². The molecule has 0 radical (unpaired) electrons. The smallest absolute Gasteiger partial charge is 0.319 e. The van der Waals surface area contributed by atoms with Gasteiger partial charge in [-0.3, -0.25) is 19.2 Å². The van der Waals surface area contributed by atoms with Gasteiger partial charge in [-0.1, -0.05) is 46.0 Å². The van der Waals surface area contributed by atoms with Crippen LogP contribution in [-0.2, 0) is 38.1 Å². The van der Waals surface area contributed by atoms with Crippen LogP contribution in [0, 0.1) is 5.41 Å². The van der Waals surface area contributed by atoms with Crippen LogP contribution in [0.4, 0.5) is 0 Å². The van der Waals surface area contributed by atoms with Gasteiger partial charge in [0.2, 0.25) is 0 Å². The Morgan fingerprint density at radius 2 is 1.00 bits per heavy atom. The molecule has 40 heavy (non-hydrogen) atoms. The van der Waals surface area contributed by atoms with Crippen LogP contribution in [0.25, 0.3) is 0 Å². The zero-order valence-corrected chi connectivity index (χ0v) is 26.5. The highest BCUT2D eigenvalue weighted by molar-refractivity contribution is 7.82. The van der Waals surface area contributed by atoms with E-state index in [1.807, 2.05) is 13.8 Å². The lowest BCUT2D eigenvalue weighted by molar-refractivity contribution is -0.149. The molecule has 1 saturated carbocycles. The summed E-state index contributed by atoms with van der Waals surface area (Å²) in [4.78, 5) is 47.9. The Morgan fingerprint density at radius 1 is 0.600 bits per heavy atom. The Kier molecular flexibility index (Phi) is 20.3. The minimum atomic E-state index is -0.801. The lowest BCUT2D eigenvalue weighted by atomic mass is 9.68. The number of unbranched alkanes of at least 4 members (excludes halogenated alkanes) is 4. The molecule has 0 aromatic carbocycles. The largest absolute Gasteiger partial charge is 0.466 e. The molecule has 8 nitrogen and oxygen atoms in total. The topological polar surface area (TPSA) is 105 Å². The zero-order valence-electron chi connectivity index (χ0n) is 24.7. The van der Waals surface area contributed by atoms with E-state index in [1.54, 1.807) is 0 Å². The van der Waals surface area contributed by atoms with Gasteiger partial charge in [0, 0.05) is 0 Å². The van der Waals surface area contributed by atoms with Gasteiger partial charge in [-0.2, -0.15) is 25.3 Å². The van der Waals surface area contributed by atoms with E-state index < -0.39 is 34.4 Å². The molecule has 10 heteroatoms. The minimum Gasteiger partial charge on any atom is -0.466 e. The van der Waals surface area contributed by atoms with Gasteiger partial charge in [0.25, 0.3) is 0 Å². The number of rotatable bonds is 22. The number of thiol groups is 2. The van der Waals surface area contributed by atoms with Gasteiger partial charge in [-0.15, -0.1) is 0 Å². The molecule has 0 bridgehead atoms. The first kappa shape index (κ1) is 36.6. The third kappa shape index (κ3) is 16.7. The fourth-order valence-corrected chi connectivity index (χ4v) is 5.38. The molecule has 1 aliphatic rings. The van der Waals surface area contributed by atoms with Crippen LogP contribution in [0.3, 0.4) is 0 Å². The molecule has 1 rings (SSSR count). The molecule has 2 unspecified atom stereocenters. The van der Waals surface area contributed by atoms with Crippen LogP contribution in [0.15, 0.2) is 0 Å². The van der Waals surface area contributed by atoms with Crippen molar-refractivity contribution in [2.75, 3.05) is 26.4 Å². The second-order valence-corrected chi connectivity index (χ2v) is 12.1. The van der Waals surface area contributed by atoms with Crippen molar-refractivity contribution in [1.29, 1.82) is 0 Å². The number of hydrogen-bond donors (Lipinski definition) is 2. The summed E-state index contributed by atoms with van der Waals surface area (Å²) >= 11 is 8.42. The van der Waals surface area contributed by atoms with Crippen molar-refractivity contribution in [3.63, 3.8) is 0 Å². The van der Waals surface area contributed by atoms with E-state index in [2.05, 4.69) is 25.3 Å². The first-order chi connectivity index (χ1) is 19.2. The van der Waals surface area contributed by atoms with E-state index in [4.69, 9.17) is 18.9 Å². The summed E-state index contributed by atoms with van der Waals surface area (Å²) in [6.45, 7) is 5.41. The minimum absolute atomic E-state index is 0.0791. The molecule has 1 fully saturated rings. The van der Waals surface area contributed by atoms with E-state index >= 15 is 0 Å². The second-order valence-electron chi connectivity index (χ2n) is 10.9. The predicted molar refractivity (Wildman–Crippen MR) is 162 cm³/mol. The van der Waals surface area contributed by atoms with Crippen molar-refractivity contribution in [2.24, 2.45) is 5.41 Å². The quantitative estimate of drug-likeness (QED) is 0.0631. The van der Waals surface area contributed by atoms with Gasteiger partial charge in [-0.05, 0) is 69.6 Å². The number of esters is 4. The average molecular weight is 605 g/mol. The SMILES string of the molecule is CCCCOC(=O)CC(S)C(=O)OCCCCC1(CCCCOC(=O)C(S)CC(=O)OCCCC)CCCCC1. The van der Waals surface area contributed by atoms with Gasteiger partial charge in [0.15, 0.2) is 0 Å². The first-order valence-corrected chi connectivity index (χ1v) is 16.3. The number of carbonyl (C=O) groups excluding carboxylic acids is 4. The van der Waals surface area contributed by atoms with Crippen LogP contribution in [0.1, 0.15) is 123 Å². The molecule has 0 aliphatic heterocycles. The molecule has 0 saturated heterocycles. The van der Waals surface area contributed by atoms with Crippen molar-refractivity contribution >= 4 is 49.1 Å². The highest BCUT2D eigenvalue weighted by Gasteiger charge is 2.31. The predicted octanol–water partition coefficient (Wildman–Crippen LogP) is 6.43. The van der Waals surface area contributed by atoms with Gasteiger partial charge < -0.3 is 18.9 Å². The summed E-state index contributed by atoms with van der Waals surface area (Å²) in [7, 11) is 0. The summed E-state index contributed by atoms with van der Waals surface area (Å²) < 4.78 is 20.9. The summed E-state index contributed by atoms with van der Waals surface area (Å²) in [5.41, 5.74) is 0.287. The molecule has 2 atom stereocenters. The Bertz CT molecular complexity index is 685. The highest BCUT2D eigenvalue weighted by atomic mass is 32.1. The highest BCUT2D eigenvalue weighted by Crippen LogP contribution is 2.44. The van der Waals surface area contributed by atoms with Gasteiger partial charge >= 0.3 is 23.9 Å². The van der Waals surface area contributed by atoms with Gasteiger partial charge in [-0.25, -0.2) is 0 Å². The number of ether oxygens (including phenoxy) is 4. The normalized spacial score (nSPS) is 16.0. The third-order valence-corrected chi connectivity index (χ3v) is 8.18. The molecular formula is C30H52O8S2. The Balaban J connectivity index is 2.27. The first-order valence-electron chi connectivity index (χ1n) is 15.2. The van der Waals surface area contributed by atoms with Crippen LogP contribution in [0.2, 0.25) is 0 Å². The van der Waals surface area contributed by atoms with Crippen molar-refractivity contribution in [3.05, 3.63) is 0 Å². The number of carbonyl (C=O) groups is 4. The second kappa shape index (κ2) is 22.2. The standard InChI is InChI=1S/C30H52O8S2/c1-3-5-18-35-26(31)22-24(39)28(33)37-20-12-10-16-30(14-8-7-9-15-30)17-11-13-21-38-29(34)25(40)23-27(32)36-19-6-4-2/h24-25,39-40H,3-23H2,1-2H3. The molecule has 0 spiro atoms. The van der Waals surface area contributed by atoms with E-state index in [1.165, 1.54) is 32.1 Å². The van der Waals surface area contributed by atoms with Crippen LogP contribution < -0.4 is 0 Å². The van der Waals surface area contributed by atoms with Crippen molar-refractivity contribution in [2.45, 2.75) is 134 Å². The van der Waals surface area contributed by atoms with Gasteiger partial charge in [0.05, 0.1) is 39.3 Å². The maximum absolute atomic E-state index is 12.2. The third-order valence-electron chi connectivity index (χ3n) is 7.39. The summed E-state index contributed by atoms with van der Waals surface area (Å²) in [5, 5.41) is -1.60. The lowest BCUT2D eigenvalue weighted by Crippen LogP contribution is -2.25. The molecule has 0 heterocycles. The zero-order chi connectivity index (χ0) is 29.6. The van der Waals surface area contributed by atoms with E-state index in [9.17, 15) is 19.2 Å². The molecule has 0 amide bonds. The lowest BCUT2D eigenvalue weighted by Gasteiger charge is -2.38. The average Bonchev–Trinajstić information content (AvgIpc) is 2.93. The van der Waals surface area contributed by atoms with Crippen LogP contribution >= 0.6 is 25.3 Å². The Hall–Kier alpha value is -1.42. The molecule has 1 aliphatic carbocycles. The summed E-state index contributed by atoms with van der Waals surface area (Å²) in [6.07, 6.45) is 15.1. The van der Waals surface area contributed by atoms with E-state index in [-0.39, 0.29) is 18.3 Å². The fourth-order valence-electron chi connectivity index (χ4n) is 4.93. The van der Waals surface area contributed by atoms with E-state index in [0.29, 0.717) is 26.4 Å². The molecule has 232 valence electrons. The maximum Gasteiger partial charge on any atom is 0.319 e. The van der Waals surface area contributed by atoms with Crippen LogP contribution in [-0.4, -0.2) is 60.8 Å². The van der Waals surface area contributed by atoms with E-state index in [0.717, 1.165) is 64.2 Å². The summed E-state index contributed by atoms with van der Waals surface area (Å²) in [6, 6.07) is 0. The van der Waals surface area contributed by atoms with Gasteiger partial charge in [0.1, 0.15) is 10.5 Å². The Morgan fingerprint density at radius 3 is 1.40 bits per heavy atom. The molecule has 0 N–H and O–H groups in total. The summed E-state index contributed by atoms with van der Waals surface area (Å²) in [5.74, 6) is -1.80. The molecular weight excluding hydrogens is 552 g/mol. The fraction of sp³-hybridized carbons (Fsp3) is 0.867. The van der Waals surface area contributed by atoms with Crippen molar-refractivity contribution in [3.8, 4) is 0 Å². The monoisotopic (exact) mass is 604 g/mol. The number of hydrogen-bond acceptors (Lipinski definition) is 10. The maximum atomic E-state index is 12.2. The Labute approximate surface area is 252 Å². The van der Waals surface area contributed by atoms with Crippen molar-refractivity contribution < 1.29 is 38.1 Å².